The van der Waals surface area contributed by atoms with Crippen molar-refractivity contribution in [2.75, 3.05) is 0 Å². The first-order valence-electron chi connectivity index (χ1n) is 9.03. The molecule has 3 aromatic heterocycles. The molecule has 0 unspecified atom stereocenters. The number of ether oxygens (including phenoxy) is 1. The number of hydrogen-bond acceptors (Lipinski definition) is 5. The van der Waals surface area contributed by atoms with Gasteiger partial charge in [0.2, 0.25) is 5.88 Å². The molecule has 29 heavy (non-hydrogen) atoms. The Balaban J connectivity index is 0.00000205. The number of pyridine rings is 2. The van der Waals surface area contributed by atoms with Crippen LogP contribution in [0.4, 0.5) is 4.79 Å². The van der Waals surface area contributed by atoms with Crippen LogP contribution in [0.25, 0.3) is 33.4 Å². The first-order valence-corrected chi connectivity index (χ1v) is 9.03. The smallest absolute Gasteiger partial charge is 0.449 e. The molecule has 1 aliphatic rings. The van der Waals surface area contributed by atoms with Crippen molar-refractivity contribution in [2.45, 2.75) is 19.4 Å². The third-order valence-electron chi connectivity index (χ3n) is 4.92. The third-order valence-corrected chi connectivity index (χ3v) is 4.92. The van der Waals surface area contributed by atoms with E-state index in [0.717, 1.165) is 52.8 Å². The van der Waals surface area contributed by atoms with Crippen LogP contribution in [0.5, 0.6) is 5.88 Å². The van der Waals surface area contributed by atoms with Gasteiger partial charge in [-0.05, 0) is 36.6 Å². The molecule has 1 aromatic carbocycles. The Morgan fingerprint density at radius 2 is 1.97 bits per heavy atom. The van der Waals surface area contributed by atoms with Gasteiger partial charge in [0.1, 0.15) is 5.69 Å². The summed E-state index contributed by atoms with van der Waals surface area (Å²) in [5, 5.41) is 14.7. The lowest BCUT2D eigenvalue weighted by Crippen LogP contribution is -2.05. The molecule has 8 heteroatoms. The maximum atomic E-state index is 10.9. The summed E-state index contributed by atoms with van der Waals surface area (Å²) in [6.45, 7) is 0.858. The summed E-state index contributed by atoms with van der Waals surface area (Å²) in [5.41, 5.74) is 5.46. The molecule has 4 aromatic rings. The minimum atomic E-state index is -1.39. The first-order chi connectivity index (χ1) is 13.7. The van der Waals surface area contributed by atoms with Crippen LogP contribution in [0.3, 0.4) is 0 Å². The molecular formula is C21H17ClN4O3. The molecule has 0 atom stereocenters. The normalized spacial score (nSPS) is 12.4. The van der Waals surface area contributed by atoms with Crippen LogP contribution in [-0.4, -0.2) is 31.0 Å². The van der Waals surface area contributed by atoms with Crippen molar-refractivity contribution in [2.24, 2.45) is 0 Å². The van der Waals surface area contributed by atoms with Crippen LogP contribution in [0.2, 0.25) is 0 Å². The minimum Gasteiger partial charge on any atom is -0.449 e. The molecule has 0 fully saturated rings. The Bertz CT molecular complexity index is 1220. The molecule has 0 amide bonds. The molecule has 5 rings (SSSR count). The lowest BCUT2D eigenvalue weighted by atomic mass is 9.97. The fraction of sp³-hybridized carbons (Fsp3) is 0.143. The molecule has 7 nitrogen and oxygen atoms in total. The number of rotatable bonds is 3. The highest BCUT2D eigenvalue weighted by Gasteiger charge is 2.25. The summed E-state index contributed by atoms with van der Waals surface area (Å²) >= 11 is 0. The highest BCUT2D eigenvalue weighted by molar-refractivity contribution is 5.98. The largest absolute Gasteiger partial charge is 0.512 e. The zero-order valence-electron chi connectivity index (χ0n) is 15.3. The van der Waals surface area contributed by atoms with Crippen LogP contribution in [0, 0.1) is 0 Å². The zero-order valence-corrected chi connectivity index (χ0v) is 16.1. The number of aryl methyl sites for hydroxylation is 1. The van der Waals surface area contributed by atoms with Crippen molar-refractivity contribution < 1.29 is 14.6 Å². The summed E-state index contributed by atoms with van der Waals surface area (Å²) in [6.07, 6.45) is 2.40. The van der Waals surface area contributed by atoms with E-state index in [4.69, 9.17) is 14.9 Å². The minimum absolute atomic E-state index is 0. The fourth-order valence-corrected chi connectivity index (χ4v) is 3.80. The Labute approximate surface area is 172 Å². The van der Waals surface area contributed by atoms with Crippen LogP contribution in [-0.2, 0) is 13.0 Å². The van der Waals surface area contributed by atoms with Crippen LogP contribution in [0.15, 0.2) is 54.7 Å². The average Bonchev–Trinajstić information content (AvgIpc) is 3.28. The quantitative estimate of drug-likeness (QED) is 0.499. The Morgan fingerprint density at radius 1 is 1.10 bits per heavy atom. The molecule has 0 saturated carbocycles. The topological polar surface area (TPSA) is 90.1 Å². The van der Waals surface area contributed by atoms with Crippen molar-refractivity contribution >= 4 is 29.5 Å². The Morgan fingerprint density at radius 3 is 2.83 bits per heavy atom. The van der Waals surface area contributed by atoms with E-state index in [0.29, 0.717) is 5.69 Å². The summed E-state index contributed by atoms with van der Waals surface area (Å²) in [7, 11) is 0. The molecule has 0 saturated heterocycles. The predicted octanol–water partition coefficient (Wildman–Crippen LogP) is 4.59. The van der Waals surface area contributed by atoms with Gasteiger partial charge in [0, 0.05) is 35.5 Å². The van der Waals surface area contributed by atoms with Gasteiger partial charge in [0.15, 0.2) is 0 Å². The van der Waals surface area contributed by atoms with Gasteiger partial charge in [-0.3, -0.25) is 9.67 Å². The second-order valence-corrected chi connectivity index (χ2v) is 6.60. The number of carboxylic acid groups (broad SMARTS) is 1. The highest BCUT2D eigenvalue weighted by atomic mass is 35.5. The molecule has 0 spiro atoms. The van der Waals surface area contributed by atoms with E-state index in [9.17, 15) is 4.79 Å². The van der Waals surface area contributed by atoms with E-state index in [-0.39, 0.29) is 18.3 Å². The molecule has 0 bridgehead atoms. The molecule has 146 valence electrons. The van der Waals surface area contributed by atoms with E-state index in [1.807, 2.05) is 35.0 Å². The molecular weight excluding hydrogens is 392 g/mol. The summed E-state index contributed by atoms with van der Waals surface area (Å²) in [6, 6.07) is 15.1. The maximum absolute atomic E-state index is 10.9. The fourth-order valence-electron chi connectivity index (χ4n) is 3.80. The van der Waals surface area contributed by atoms with Gasteiger partial charge in [-0.2, -0.15) is 5.10 Å². The molecule has 0 aliphatic carbocycles. The summed E-state index contributed by atoms with van der Waals surface area (Å²) < 4.78 is 6.75. The van der Waals surface area contributed by atoms with E-state index in [1.54, 1.807) is 12.3 Å². The Kier molecular flexibility index (Phi) is 4.90. The van der Waals surface area contributed by atoms with Crippen LogP contribution < -0.4 is 4.74 Å². The van der Waals surface area contributed by atoms with Crippen molar-refractivity contribution in [3.63, 3.8) is 0 Å². The summed E-state index contributed by atoms with van der Waals surface area (Å²) in [5.74, 6) is 0.0312. The van der Waals surface area contributed by atoms with E-state index >= 15 is 0 Å². The number of nitrogens with zero attached hydrogens (tertiary/aromatic N) is 4. The van der Waals surface area contributed by atoms with Gasteiger partial charge >= 0.3 is 6.16 Å². The number of benzene rings is 1. The number of para-hydroxylation sites is 1. The predicted molar refractivity (Wildman–Crippen MR) is 110 cm³/mol. The van der Waals surface area contributed by atoms with Gasteiger partial charge < -0.3 is 9.84 Å². The molecule has 1 aliphatic heterocycles. The second kappa shape index (κ2) is 7.52. The average molecular weight is 409 g/mol. The van der Waals surface area contributed by atoms with Gasteiger partial charge in [-0.1, -0.05) is 24.3 Å². The van der Waals surface area contributed by atoms with Gasteiger partial charge in [0.05, 0.1) is 11.2 Å². The molecule has 1 N–H and O–H groups in total. The standard InChI is InChI=1S/C21H16N4O3.ClH/c26-21(27)28-18-9-3-7-16(23-18)20-19(17-8-4-12-25(17)24-20)14-10-11-22-15-6-2-1-5-13(14)15;/h1-3,5-7,9-11H,4,8,12H2,(H,26,27);1H. The number of hydrogen-bond donors (Lipinski definition) is 1. The number of fused-ring (bicyclic) bond motifs is 2. The van der Waals surface area contributed by atoms with Crippen LogP contribution >= 0.6 is 12.4 Å². The van der Waals surface area contributed by atoms with Crippen molar-refractivity contribution in [3.8, 4) is 28.4 Å². The number of carbonyl (C=O) groups is 1. The maximum Gasteiger partial charge on any atom is 0.512 e. The lowest BCUT2D eigenvalue weighted by molar-refractivity contribution is 0.142. The van der Waals surface area contributed by atoms with Gasteiger partial charge in [-0.15, -0.1) is 12.4 Å². The van der Waals surface area contributed by atoms with E-state index < -0.39 is 6.16 Å². The van der Waals surface area contributed by atoms with Gasteiger partial charge in [-0.25, -0.2) is 9.78 Å². The summed E-state index contributed by atoms with van der Waals surface area (Å²) in [4.78, 5) is 19.7. The van der Waals surface area contributed by atoms with Gasteiger partial charge in [0.25, 0.3) is 0 Å². The first kappa shape index (κ1) is 18.9. The van der Waals surface area contributed by atoms with E-state index in [1.165, 1.54) is 6.07 Å². The Hall–Kier alpha value is -3.45. The van der Waals surface area contributed by atoms with Crippen molar-refractivity contribution in [1.29, 1.82) is 0 Å². The molecule has 4 heterocycles. The van der Waals surface area contributed by atoms with Crippen molar-refractivity contribution in [3.05, 3.63) is 60.4 Å². The van der Waals surface area contributed by atoms with E-state index in [2.05, 4.69) is 16.0 Å². The monoisotopic (exact) mass is 408 g/mol. The highest BCUT2D eigenvalue weighted by Crippen LogP contribution is 2.39. The molecule has 0 radical (unpaired) electrons. The van der Waals surface area contributed by atoms with Crippen LogP contribution in [0.1, 0.15) is 12.1 Å². The zero-order chi connectivity index (χ0) is 19.1. The third kappa shape index (κ3) is 3.30. The lowest BCUT2D eigenvalue weighted by Gasteiger charge is -2.09. The SMILES string of the molecule is Cl.O=C(O)Oc1cccc(-c2nn3c(c2-c2ccnc4ccccc24)CCC3)n1. The second-order valence-electron chi connectivity index (χ2n) is 6.60. The number of aromatic nitrogens is 4. The van der Waals surface area contributed by atoms with Crippen molar-refractivity contribution in [1.82, 2.24) is 19.7 Å². The number of halogens is 1.